The van der Waals surface area contributed by atoms with Crippen LogP contribution < -0.4 is 5.32 Å². The number of carbonyl (C=O) groups excluding carboxylic acids is 2. The summed E-state index contributed by atoms with van der Waals surface area (Å²) < 4.78 is 26.2. The molecule has 0 spiro atoms. The molecule has 2 aromatic rings. The first kappa shape index (κ1) is 17.1. The summed E-state index contributed by atoms with van der Waals surface area (Å²) in [5.74, 6) is -1.43. The van der Waals surface area contributed by atoms with Crippen molar-refractivity contribution < 1.29 is 18.4 Å². The van der Waals surface area contributed by atoms with Crippen LogP contribution in [0.4, 0.5) is 8.78 Å². The highest BCUT2D eigenvalue weighted by Gasteiger charge is 2.34. The fraction of sp³-hybridized carbons (Fsp3) is 0.263. The predicted molar refractivity (Wildman–Crippen MR) is 88.7 cm³/mol. The molecule has 0 unspecified atom stereocenters. The van der Waals surface area contributed by atoms with E-state index in [1.165, 1.54) is 41.3 Å². The van der Waals surface area contributed by atoms with Gasteiger partial charge in [0, 0.05) is 18.7 Å². The normalized spacial score (nSPS) is 16.7. The molecular formula is C19H18F2N2O2. The quantitative estimate of drug-likeness (QED) is 0.927. The van der Waals surface area contributed by atoms with Crippen molar-refractivity contribution in [3.8, 4) is 0 Å². The monoisotopic (exact) mass is 344 g/mol. The van der Waals surface area contributed by atoms with E-state index in [4.69, 9.17) is 0 Å². The fourth-order valence-electron chi connectivity index (χ4n) is 2.98. The van der Waals surface area contributed by atoms with Gasteiger partial charge in [-0.15, -0.1) is 0 Å². The molecule has 130 valence electrons. The average molecular weight is 344 g/mol. The van der Waals surface area contributed by atoms with Gasteiger partial charge in [-0.3, -0.25) is 9.59 Å². The highest BCUT2D eigenvalue weighted by atomic mass is 19.1. The van der Waals surface area contributed by atoms with Gasteiger partial charge in [0.1, 0.15) is 17.7 Å². The molecule has 1 atom stereocenters. The van der Waals surface area contributed by atoms with Crippen molar-refractivity contribution in [2.45, 2.75) is 25.4 Å². The van der Waals surface area contributed by atoms with Gasteiger partial charge in [-0.2, -0.15) is 0 Å². The molecule has 0 saturated carbocycles. The molecule has 0 bridgehead atoms. The molecule has 0 radical (unpaired) electrons. The molecule has 1 saturated heterocycles. The van der Waals surface area contributed by atoms with E-state index in [1.54, 1.807) is 12.1 Å². The minimum absolute atomic E-state index is 0.234. The Labute approximate surface area is 144 Å². The molecular weight excluding hydrogens is 326 g/mol. The molecule has 2 aromatic carbocycles. The zero-order valence-corrected chi connectivity index (χ0v) is 13.5. The smallest absolute Gasteiger partial charge is 0.254 e. The first-order valence-corrected chi connectivity index (χ1v) is 8.13. The van der Waals surface area contributed by atoms with Crippen LogP contribution in [0.1, 0.15) is 28.8 Å². The lowest BCUT2D eigenvalue weighted by Gasteiger charge is -2.24. The first-order chi connectivity index (χ1) is 12.0. The number of halogens is 2. The van der Waals surface area contributed by atoms with Crippen molar-refractivity contribution in [3.05, 3.63) is 71.3 Å². The third kappa shape index (κ3) is 4.02. The minimum atomic E-state index is -0.573. The van der Waals surface area contributed by atoms with Crippen LogP contribution in [0.15, 0.2) is 48.5 Å². The van der Waals surface area contributed by atoms with E-state index in [2.05, 4.69) is 5.32 Å². The molecule has 1 N–H and O–H groups in total. The number of nitrogens with zero attached hydrogens (tertiary/aromatic N) is 1. The van der Waals surface area contributed by atoms with Crippen molar-refractivity contribution in [3.63, 3.8) is 0 Å². The Bertz CT molecular complexity index is 777. The van der Waals surface area contributed by atoms with E-state index < -0.39 is 11.9 Å². The summed E-state index contributed by atoms with van der Waals surface area (Å²) in [7, 11) is 0. The van der Waals surface area contributed by atoms with Crippen LogP contribution >= 0.6 is 0 Å². The van der Waals surface area contributed by atoms with Crippen LogP contribution in [-0.4, -0.2) is 29.3 Å². The summed E-state index contributed by atoms with van der Waals surface area (Å²) >= 11 is 0. The Morgan fingerprint density at radius 3 is 2.56 bits per heavy atom. The van der Waals surface area contributed by atoms with Crippen LogP contribution in [0.5, 0.6) is 0 Å². The molecule has 3 rings (SSSR count). The summed E-state index contributed by atoms with van der Waals surface area (Å²) in [6.07, 6.45) is 1.28. The van der Waals surface area contributed by atoms with E-state index in [1.807, 2.05) is 0 Å². The maximum absolute atomic E-state index is 13.3. The highest BCUT2D eigenvalue weighted by molar-refractivity contribution is 5.97. The molecule has 0 aliphatic carbocycles. The Morgan fingerprint density at radius 1 is 1.08 bits per heavy atom. The standard InChI is InChI=1S/C19H18F2N2O2/c20-15-8-6-13(7-9-15)12-22-18(24)17-5-2-10-23(17)19(25)14-3-1-4-16(21)11-14/h1,3-4,6-9,11,17H,2,5,10,12H2,(H,22,24)/t17-/m0/s1. The summed E-state index contributed by atoms with van der Waals surface area (Å²) in [5.41, 5.74) is 1.01. The van der Waals surface area contributed by atoms with E-state index >= 15 is 0 Å². The van der Waals surface area contributed by atoms with E-state index in [0.29, 0.717) is 13.0 Å². The number of benzene rings is 2. The molecule has 2 amide bonds. The SMILES string of the molecule is O=C(NCc1ccc(F)cc1)[C@@H]1CCCN1C(=O)c1cccc(F)c1. The molecule has 1 fully saturated rings. The van der Waals surface area contributed by atoms with E-state index in [-0.39, 0.29) is 29.7 Å². The zero-order chi connectivity index (χ0) is 17.8. The third-order valence-electron chi connectivity index (χ3n) is 4.27. The lowest BCUT2D eigenvalue weighted by atomic mass is 10.1. The van der Waals surface area contributed by atoms with Gasteiger partial charge in [0.25, 0.3) is 5.91 Å². The van der Waals surface area contributed by atoms with Gasteiger partial charge in [0.15, 0.2) is 0 Å². The second-order valence-corrected chi connectivity index (χ2v) is 6.01. The van der Waals surface area contributed by atoms with Gasteiger partial charge in [-0.1, -0.05) is 18.2 Å². The number of likely N-dealkylation sites (tertiary alicyclic amines) is 1. The summed E-state index contributed by atoms with van der Waals surface area (Å²) in [4.78, 5) is 26.5. The van der Waals surface area contributed by atoms with Crippen LogP contribution in [0, 0.1) is 11.6 Å². The molecule has 1 aliphatic heterocycles. The summed E-state index contributed by atoms with van der Waals surface area (Å²) in [5, 5.41) is 2.78. The van der Waals surface area contributed by atoms with Crippen molar-refractivity contribution >= 4 is 11.8 Å². The van der Waals surface area contributed by atoms with Gasteiger partial charge >= 0.3 is 0 Å². The van der Waals surface area contributed by atoms with Gasteiger partial charge in [0.05, 0.1) is 0 Å². The number of hydrogen-bond donors (Lipinski definition) is 1. The van der Waals surface area contributed by atoms with Gasteiger partial charge in [-0.25, -0.2) is 8.78 Å². The van der Waals surface area contributed by atoms with Crippen LogP contribution in [-0.2, 0) is 11.3 Å². The molecule has 0 aromatic heterocycles. The average Bonchev–Trinajstić information content (AvgIpc) is 3.10. The van der Waals surface area contributed by atoms with Crippen LogP contribution in [0.25, 0.3) is 0 Å². The number of rotatable bonds is 4. The molecule has 6 heteroatoms. The number of carbonyl (C=O) groups is 2. The lowest BCUT2D eigenvalue weighted by molar-refractivity contribution is -0.125. The lowest BCUT2D eigenvalue weighted by Crippen LogP contribution is -2.45. The first-order valence-electron chi connectivity index (χ1n) is 8.13. The third-order valence-corrected chi connectivity index (χ3v) is 4.27. The van der Waals surface area contributed by atoms with Gasteiger partial charge < -0.3 is 10.2 Å². The second kappa shape index (κ2) is 7.42. The summed E-state index contributed by atoms with van der Waals surface area (Å²) in [6.45, 7) is 0.724. The van der Waals surface area contributed by atoms with Crippen molar-refractivity contribution in [1.82, 2.24) is 10.2 Å². The Hall–Kier alpha value is -2.76. The topological polar surface area (TPSA) is 49.4 Å². The minimum Gasteiger partial charge on any atom is -0.350 e. The Morgan fingerprint density at radius 2 is 1.84 bits per heavy atom. The van der Waals surface area contributed by atoms with Gasteiger partial charge in [-0.05, 0) is 48.7 Å². The molecule has 4 nitrogen and oxygen atoms in total. The van der Waals surface area contributed by atoms with E-state index in [0.717, 1.165) is 12.0 Å². The number of amides is 2. The van der Waals surface area contributed by atoms with Crippen molar-refractivity contribution in [2.24, 2.45) is 0 Å². The van der Waals surface area contributed by atoms with Crippen molar-refractivity contribution in [2.75, 3.05) is 6.54 Å². The van der Waals surface area contributed by atoms with Crippen LogP contribution in [0.3, 0.4) is 0 Å². The maximum Gasteiger partial charge on any atom is 0.254 e. The molecule has 1 heterocycles. The Kier molecular flexibility index (Phi) is 5.07. The highest BCUT2D eigenvalue weighted by Crippen LogP contribution is 2.21. The number of nitrogens with one attached hydrogen (secondary N) is 1. The summed E-state index contributed by atoms with van der Waals surface area (Å²) in [6, 6.07) is 10.7. The van der Waals surface area contributed by atoms with Gasteiger partial charge in [0.2, 0.25) is 5.91 Å². The van der Waals surface area contributed by atoms with E-state index in [9.17, 15) is 18.4 Å². The number of hydrogen-bond acceptors (Lipinski definition) is 2. The molecule has 1 aliphatic rings. The van der Waals surface area contributed by atoms with Crippen LogP contribution in [0.2, 0.25) is 0 Å². The fourth-order valence-corrected chi connectivity index (χ4v) is 2.98. The Balaban J connectivity index is 1.65. The van der Waals surface area contributed by atoms with Crippen molar-refractivity contribution in [1.29, 1.82) is 0 Å². The second-order valence-electron chi connectivity index (χ2n) is 6.01. The molecule has 25 heavy (non-hydrogen) atoms. The predicted octanol–water partition coefficient (Wildman–Crippen LogP) is 2.89. The maximum atomic E-state index is 13.3. The zero-order valence-electron chi connectivity index (χ0n) is 13.5. The largest absolute Gasteiger partial charge is 0.350 e.